The summed E-state index contributed by atoms with van der Waals surface area (Å²) < 4.78 is 5.21. The van der Waals surface area contributed by atoms with Crippen molar-refractivity contribution in [2.45, 2.75) is 65.3 Å². The van der Waals surface area contributed by atoms with Gasteiger partial charge in [0.25, 0.3) is 0 Å². The summed E-state index contributed by atoms with van der Waals surface area (Å²) >= 11 is 0. The third kappa shape index (κ3) is 5.31. The van der Waals surface area contributed by atoms with Crippen molar-refractivity contribution in [3.05, 3.63) is 52.4 Å². The van der Waals surface area contributed by atoms with Crippen LogP contribution in [-0.4, -0.2) is 47.0 Å². The van der Waals surface area contributed by atoms with Crippen LogP contribution in [0, 0.1) is 19.8 Å². The summed E-state index contributed by atoms with van der Waals surface area (Å²) in [5.74, 6) is 1.78. The number of carbonyl (C=O) groups excluding carboxylic acids is 1. The lowest BCUT2D eigenvalue weighted by atomic mass is 9.89. The molecule has 2 fully saturated rings. The highest BCUT2D eigenvalue weighted by atomic mass is 16.5. The van der Waals surface area contributed by atoms with Gasteiger partial charge >= 0.3 is 0 Å². The van der Waals surface area contributed by atoms with Gasteiger partial charge in [-0.25, -0.2) is 0 Å². The summed E-state index contributed by atoms with van der Waals surface area (Å²) in [5.41, 5.74) is 4.86. The first-order chi connectivity index (χ1) is 14.6. The summed E-state index contributed by atoms with van der Waals surface area (Å²) in [6.07, 6.45) is 7.30. The van der Waals surface area contributed by atoms with Gasteiger partial charge in [-0.15, -0.1) is 0 Å². The molecule has 0 unspecified atom stereocenters. The van der Waals surface area contributed by atoms with Crippen LogP contribution in [0.3, 0.4) is 0 Å². The Morgan fingerprint density at radius 2 is 1.70 bits per heavy atom. The molecule has 0 radical (unpaired) electrons. The van der Waals surface area contributed by atoms with Gasteiger partial charge in [-0.1, -0.05) is 29.4 Å². The number of aromatic nitrogens is 1. The van der Waals surface area contributed by atoms with Crippen LogP contribution in [0.25, 0.3) is 0 Å². The lowest BCUT2D eigenvalue weighted by Crippen LogP contribution is -2.39. The second-order valence-electron chi connectivity index (χ2n) is 9.13. The number of benzene rings is 1. The van der Waals surface area contributed by atoms with Gasteiger partial charge in [0, 0.05) is 31.6 Å². The molecule has 2 saturated heterocycles. The SMILES string of the molecule is Cc1noc(C)c1CCC(=O)N1CCC(Cc2ccc(CN3CCCC3)cc2)CC1. The Kier molecular flexibility index (Phi) is 6.88. The average Bonchev–Trinajstić information content (AvgIpc) is 3.38. The van der Waals surface area contributed by atoms with Gasteiger partial charge < -0.3 is 9.42 Å². The van der Waals surface area contributed by atoms with Gasteiger partial charge in [-0.3, -0.25) is 9.69 Å². The third-order valence-electron chi connectivity index (χ3n) is 6.89. The van der Waals surface area contributed by atoms with Crippen molar-refractivity contribution < 1.29 is 9.32 Å². The number of nitrogens with zero attached hydrogens (tertiary/aromatic N) is 3. The number of rotatable bonds is 7. The fourth-order valence-electron chi connectivity index (χ4n) is 4.95. The van der Waals surface area contributed by atoms with E-state index in [-0.39, 0.29) is 5.91 Å². The van der Waals surface area contributed by atoms with Crippen molar-refractivity contribution in [2.24, 2.45) is 5.92 Å². The lowest BCUT2D eigenvalue weighted by Gasteiger charge is -2.32. The first-order valence-electron chi connectivity index (χ1n) is 11.6. The molecule has 2 aromatic rings. The molecule has 5 nitrogen and oxygen atoms in total. The molecule has 162 valence electrons. The quantitative estimate of drug-likeness (QED) is 0.684. The third-order valence-corrected chi connectivity index (χ3v) is 6.89. The number of amides is 1. The largest absolute Gasteiger partial charge is 0.361 e. The molecule has 2 aliphatic heterocycles. The highest BCUT2D eigenvalue weighted by Gasteiger charge is 2.23. The van der Waals surface area contributed by atoms with Crippen molar-refractivity contribution in [2.75, 3.05) is 26.2 Å². The number of likely N-dealkylation sites (tertiary alicyclic amines) is 2. The van der Waals surface area contributed by atoms with Crippen LogP contribution in [0.2, 0.25) is 0 Å². The molecule has 4 rings (SSSR count). The molecule has 0 bridgehead atoms. The van der Waals surface area contributed by atoms with Crippen molar-refractivity contribution in [1.29, 1.82) is 0 Å². The molecular formula is C25H35N3O2. The monoisotopic (exact) mass is 409 g/mol. The minimum Gasteiger partial charge on any atom is -0.361 e. The van der Waals surface area contributed by atoms with E-state index in [0.717, 1.165) is 62.3 Å². The number of hydrogen-bond donors (Lipinski definition) is 0. The number of carbonyl (C=O) groups is 1. The highest BCUT2D eigenvalue weighted by molar-refractivity contribution is 5.76. The van der Waals surface area contributed by atoms with E-state index >= 15 is 0 Å². The van der Waals surface area contributed by atoms with Crippen molar-refractivity contribution in [1.82, 2.24) is 15.0 Å². The molecule has 1 aromatic carbocycles. The smallest absolute Gasteiger partial charge is 0.222 e. The first kappa shape index (κ1) is 21.1. The zero-order chi connectivity index (χ0) is 20.9. The summed E-state index contributed by atoms with van der Waals surface area (Å²) in [4.78, 5) is 17.2. The molecule has 0 saturated carbocycles. The van der Waals surface area contributed by atoms with Crippen molar-refractivity contribution >= 4 is 5.91 Å². The molecule has 2 aliphatic rings. The van der Waals surface area contributed by atoms with Crippen LogP contribution in [0.1, 0.15) is 60.2 Å². The van der Waals surface area contributed by atoms with E-state index in [1.54, 1.807) is 0 Å². The van der Waals surface area contributed by atoms with Crippen LogP contribution in [0.4, 0.5) is 0 Å². The van der Waals surface area contributed by atoms with E-state index in [9.17, 15) is 4.79 Å². The highest BCUT2D eigenvalue weighted by Crippen LogP contribution is 2.23. The van der Waals surface area contributed by atoms with Gasteiger partial charge in [0.2, 0.25) is 5.91 Å². The maximum absolute atomic E-state index is 12.6. The van der Waals surface area contributed by atoms with Gasteiger partial charge in [0.1, 0.15) is 5.76 Å². The summed E-state index contributed by atoms with van der Waals surface area (Å²) in [6.45, 7) is 9.23. The van der Waals surface area contributed by atoms with Crippen LogP contribution >= 0.6 is 0 Å². The molecule has 1 aromatic heterocycles. The maximum atomic E-state index is 12.6. The molecule has 0 atom stereocenters. The number of aryl methyl sites for hydroxylation is 2. The van der Waals surface area contributed by atoms with E-state index in [1.807, 2.05) is 18.7 Å². The Morgan fingerprint density at radius 3 is 2.33 bits per heavy atom. The van der Waals surface area contributed by atoms with Crippen LogP contribution < -0.4 is 0 Å². The van der Waals surface area contributed by atoms with Gasteiger partial charge in [-0.2, -0.15) is 0 Å². The normalized spacial score (nSPS) is 18.3. The summed E-state index contributed by atoms with van der Waals surface area (Å²) in [5, 5.41) is 3.98. The van der Waals surface area contributed by atoms with Crippen molar-refractivity contribution in [3.63, 3.8) is 0 Å². The van der Waals surface area contributed by atoms with E-state index in [2.05, 4.69) is 34.3 Å². The zero-order valence-corrected chi connectivity index (χ0v) is 18.5. The molecule has 0 spiro atoms. The number of piperidine rings is 1. The topological polar surface area (TPSA) is 49.6 Å². The number of hydrogen-bond acceptors (Lipinski definition) is 4. The predicted molar refractivity (Wildman–Crippen MR) is 118 cm³/mol. The molecule has 30 heavy (non-hydrogen) atoms. The van der Waals surface area contributed by atoms with Crippen molar-refractivity contribution in [3.8, 4) is 0 Å². The lowest BCUT2D eigenvalue weighted by molar-refractivity contribution is -0.132. The fourth-order valence-corrected chi connectivity index (χ4v) is 4.95. The Bertz CT molecular complexity index is 809. The second-order valence-corrected chi connectivity index (χ2v) is 9.13. The van der Waals surface area contributed by atoms with Gasteiger partial charge in [0.05, 0.1) is 5.69 Å². The predicted octanol–water partition coefficient (Wildman–Crippen LogP) is 4.30. The van der Waals surface area contributed by atoms with Gasteiger partial charge in [0.15, 0.2) is 0 Å². The molecule has 3 heterocycles. The maximum Gasteiger partial charge on any atom is 0.222 e. The Balaban J connectivity index is 1.20. The fraction of sp³-hybridized carbons (Fsp3) is 0.600. The molecule has 5 heteroatoms. The van der Waals surface area contributed by atoms with Crippen LogP contribution in [-0.2, 0) is 24.2 Å². The summed E-state index contributed by atoms with van der Waals surface area (Å²) in [6, 6.07) is 9.24. The second kappa shape index (κ2) is 9.78. The van der Waals surface area contributed by atoms with Gasteiger partial charge in [-0.05, 0) is 82.5 Å². The molecule has 1 amide bonds. The van der Waals surface area contributed by atoms with E-state index in [1.165, 1.54) is 37.1 Å². The molecule has 0 aliphatic carbocycles. The van der Waals surface area contributed by atoms with E-state index in [4.69, 9.17) is 4.52 Å². The molecule has 0 N–H and O–H groups in total. The minimum atomic E-state index is 0.264. The zero-order valence-electron chi connectivity index (χ0n) is 18.5. The summed E-state index contributed by atoms with van der Waals surface area (Å²) in [7, 11) is 0. The van der Waals surface area contributed by atoms with Crippen LogP contribution in [0.15, 0.2) is 28.8 Å². The average molecular weight is 410 g/mol. The Labute approximate surface area is 180 Å². The molecular weight excluding hydrogens is 374 g/mol. The van der Waals surface area contributed by atoms with E-state index < -0.39 is 0 Å². The minimum absolute atomic E-state index is 0.264. The van der Waals surface area contributed by atoms with E-state index in [0.29, 0.717) is 12.3 Å². The Morgan fingerprint density at radius 1 is 1.03 bits per heavy atom. The van der Waals surface area contributed by atoms with Crippen LogP contribution in [0.5, 0.6) is 0 Å². The standard InChI is InChI=1S/C25H35N3O2/c1-19-24(20(2)30-26-19)9-10-25(29)28-15-11-22(12-16-28)17-21-5-7-23(8-6-21)18-27-13-3-4-14-27/h5-8,22H,3-4,9-18H2,1-2H3. The Hall–Kier alpha value is -2.14. The first-order valence-corrected chi connectivity index (χ1v) is 11.6.